The zero-order chi connectivity index (χ0) is 19.3. The number of nitrogens with two attached hydrogens (primary N) is 1. The minimum atomic E-state index is -4.89. The van der Waals surface area contributed by atoms with Crippen molar-refractivity contribution in [1.82, 2.24) is 4.98 Å². The predicted molar refractivity (Wildman–Crippen MR) is 82.9 cm³/mol. The van der Waals surface area contributed by atoms with Gasteiger partial charge in [-0.1, -0.05) is 0 Å². The molecule has 1 heterocycles. The largest absolute Gasteiger partial charge is 0.465 e. The van der Waals surface area contributed by atoms with Crippen molar-refractivity contribution < 1.29 is 31.4 Å². The van der Waals surface area contributed by atoms with Crippen LogP contribution in [0.15, 0.2) is 35.5 Å². The zero-order valence-corrected chi connectivity index (χ0v) is 13.5. The second kappa shape index (κ2) is 7.98. The Balaban J connectivity index is 2.19. The molecule has 10 heteroatoms. The highest BCUT2D eigenvalue weighted by Crippen LogP contribution is 2.35. The van der Waals surface area contributed by atoms with Crippen LogP contribution in [0.2, 0.25) is 0 Å². The number of alkyl halides is 3. The Morgan fingerprint density at radius 2 is 1.96 bits per heavy atom. The smallest absolute Gasteiger partial charge is 0.419 e. The summed E-state index contributed by atoms with van der Waals surface area (Å²) >= 11 is 0. The Morgan fingerprint density at radius 3 is 2.62 bits per heavy atom. The molecular formula is C16H14F5N3O2. The Hall–Kier alpha value is -2.91. The van der Waals surface area contributed by atoms with Crippen molar-refractivity contribution in [3.8, 4) is 11.6 Å². The Kier molecular flexibility index (Phi) is 5.96. The number of amidine groups is 1. The van der Waals surface area contributed by atoms with Crippen LogP contribution in [0.3, 0.4) is 0 Å². The zero-order valence-electron chi connectivity index (χ0n) is 13.5. The summed E-state index contributed by atoms with van der Waals surface area (Å²) in [6.07, 6.45) is -4.04. The average molecular weight is 375 g/mol. The number of benzene rings is 1. The molecule has 5 nitrogen and oxygen atoms in total. The van der Waals surface area contributed by atoms with Gasteiger partial charge in [-0.3, -0.25) is 0 Å². The number of rotatable bonds is 5. The number of halogens is 5. The van der Waals surface area contributed by atoms with Crippen LogP contribution in [-0.4, -0.2) is 24.7 Å². The number of aromatic nitrogens is 1. The van der Waals surface area contributed by atoms with Gasteiger partial charge in [-0.25, -0.2) is 18.8 Å². The summed E-state index contributed by atoms with van der Waals surface area (Å²) in [5.41, 5.74) is 3.97. The SMILES string of the molecule is CN=C(N)OCCc1cc(Oc2nccc(C(F)(F)F)c2F)ccc1F. The van der Waals surface area contributed by atoms with Crippen LogP contribution in [0.5, 0.6) is 11.6 Å². The van der Waals surface area contributed by atoms with E-state index in [1.807, 2.05) is 0 Å². The first-order chi connectivity index (χ1) is 12.2. The molecule has 2 N–H and O–H groups in total. The molecule has 0 bridgehead atoms. The molecule has 1 aromatic heterocycles. The van der Waals surface area contributed by atoms with Crippen molar-refractivity contribution in [1.29, 1.82) is 0 Å². The lowest BCUT2D eigenvalue weighted by Crippen LogP contribution is -2.17. The average Bonchev–Trinajstić information content (AvgIpc) is 2.58. The monoisotopic (exact) mass is 375 g/mol. The molecule has 0 unspecified atom stereocenters. The maximum Gasteiger partial charge on any atom is 0.419 e. The van der Waals surface area contributed by atoms with Crippen LogP contribution in [0.4, 0.5) is 22.0 Å². The molecule has 0 fully saturated rings. The van der Waals surface area contributed by atoms with Crippen LogP contribution in [0.25, 0.3) is 0 Å². The van der Waals surface area contributed by atoms with Crippen molar-refractivity contribution in [2.75, 3.05) is 13.7 Å². The lowest BCUT2D eigenvalue weighted by molar-refractivity contribution is -0.140. The summed E-state index contributed by atoms with van der Waals surface area (Å²) < 4.78 is 75.9. The summed E-state index contributed by atoms with van der Waals surface area (Å²) in [7, 11) is 1.42. The van der Waals surface area contributed by atoms with E-state index >= 15 is 0 Å². The van der Waals surface area contributed by atoms with E-state index < -0.39 is 29.3 Å². The van der Waals surface area contributed by atoms with E-state index in [9.17, 15) is 22.0 Å². The van der Waals surface area contributed by atoms with Crippen molar-refractivity contribution in [3.63, 3.8) is 0 Å². The molecule has 0 spiro atoms. The number of hydrogen-bond donors (Lipinski definition) is 1. The standard InChI is InChI=1S/C16H14F5N3O2/c1-23-15(22)25-7-5-9-8-10(2-3-12(9)17)26-14-13(18)11(4-6-24-14)16(19,20)21/h2-4,6,8H,5,7H2,1H3,(H2,22,23). The highest BCUT2D eigenvalue weighted by atomic mass is 19.4. The normalized spacial score (nSPS) is 12.2. The van der Waals surface area contributed by atoms with Gasteiger partial charge in [-0.2, -0.15) is 13.2 Å². The second-order valence-corrected chi connectivity index (χ2v) is 4.99. The summed E-state index contributed by atoms with van der Waals surface area (Å²) in [5.74, 6) is -3.19. The predicted octanol–water partition coefficient (Wildman–Crippen LogP) is 3.67. The van der Waals surface area contributed by atoms with Gasteiger partial charge >= 0.3 is 6.18 Å². The molecule has 0 amide bonds. The quantitative estimate of drug-likeness (QED) is 0.492. The first-order valence-electron chi connectivity index (χ1n) is 7.25. The molecule has 0 atom stereocenters. The Bertz CT molecular complexity index is 809. The molecule has 0 aliphatic heterocycles. The summed E-state index contributed by atoms with van der Waals surface area (Å²) in [4.78, 5) is 7.01. The summed E-state index contributed by atoms with van der Waals surface area (Å²) in [6, 6.07) is 3.80. The Morgan fingerprint density at radius 1 is 1.23 bits per heavy atom. The lowest BCUT2D eigenvalue weighted by atomic mass is 10.1. The van der Waals surface area contributed by atoms with E-state index in [1.165, 1.54) is 13.1 Å². The minimum absolute atomic E-state index is 0.0136. The van der Waals surface area contributed by atoms with E-state index in [0.29, 0.717) is 6.07 Å². The molecule has 140 valence electrons. The third kappa shape index (κ3) is 4.80. The van der Waals surface area contributed by atoms with Gasteiger partial charge in [0.1, 0.15) is 11.6 Å². The van der Waals surface area contributed by atoms with Gasteiger partial charge in [0.25, 0.3) is 11.9 Å². The third-order valence-electron chi connectivity index (χ3n) is 3.24. The highest BCUT2D eigenvalue weighted by Gasteiger charge is 2.36. The summed E-state index contributed by atoms with van der Waals surface area (Å²) in [5, 5.41) is 0. The number of pyridine rings is 1. The summed E-state index contributed by atoms with van der Waals surface area (Å²) in [6.45, 7) is 0.0136. The minimum Gasteiger partial charge on any atom is -0.465 e. The van der Waals surface area contributed by atoms with Gasteiger partial charge in [0.15, 0.2) is 5.82 Å². The van der Waals surface area contributed by atoms with Crippen LogP contribution in [0.1, 0.15) is 11.1 Å². The fraction of sp³-hybridized carbons (Fsp3) is 0.250. The number of aliphatic imine (C=N–C) groups is 1. The maximum atomic E-state index is 13.9. The fourth-order valence-electron chi connectivity index (χ4n) is 1.96. The van der Waals surface area contributed by atoms with Crippen LogP contribution in [0, 0.1) is 11.6 Å². The van der Waals surface area contributed by atoms with Gasteiger partial charge in [0.05, 0.1) is 12.2 Å². The van der Waals surface area contributed by atoms with E-state index in [4.69, 9.17) is 15.2 Å². The van der Waals surface area contributed by atoms with Gasteiger partial charge < -0.3 is 15.2 Å². The van der Waals surface area contributed by atoms with E-state index in [0.717, 1.165) is 18.3 Å². The lowest BCUT2D eigenvalue weighted by Gasteiger charge is -2.12. The molecule has 0 aliphatic carbocycles. The number of hydrogen-bond acceptors (Lipinski definition) is 4. The molecule has 0 saturated heterocycles. The van der Waals surface area contributed by atoms with Crippen LogP contribution < -0.4 is 10.5 Å². The van der Waals surface area contributed by atoms with Gasteiger partial charge in [-0.05, 0) is 29.8 Å². The van der Waals surface area contributed by atoms with Gasteiger partial charge in [0.2, 0.25) is 0 Å². The maximum absolute atomic E-state index is 13.9. The Labute approximate surface area is 145 Å². The number of ether oxygens (including phenoxy) is 2. The van der Waals surface area contributed by atoms with Crippen molar-refractivity contribution in [3.05, 3.63) is 53.2 Å². The molecule has 26 heavy (non-hydrogen) atoms. The fourth-order valence-corrected chi connectivity index (χ4v) is 1.96. The first kappa shape index (κ1) is 19.4. The van der Waals surface area contributed by atoms with E-state index in [-0.39, 0.29) is 30.4 Å². The van der Waals surface area contributed by atoms with Crippen molar-refractivity contribution in [2.45, 2.75) is 12.6 Å². The van der Waals surface area contributed by atoms with Crippen LogP contribution >= 0.6 is 0 Å². The van der Waals surface area contributed by atoms with Crippen molar-refractivity contribution in [2.24, 2.45) is 10.7 Å². The van der Waals surface area contributed by atoms with Gasteiger partial charge in [0, 0.05) is 19.7 Å². The van der Waals surface area contributed by atoms with Gasteiger partial charge in [-0.15, -0.1) is 0 Å². The number of nitrogens with zero attached hydrogens (tertiary/aromatic N) is 2. The molecule has 0 saturated carbocycles. The van der Waals surface area contributed by atoms with Crippen molar-refractivity contribution >= 4 is 6.02 Å². The van der Waals surface area contributed by atoms with E-state index in [1.54, 1.807) is 0 Å². The topological polar surface area (TPSA) is 69.7 Å². The molecule has 2 aromatic rings. The first-order valence-corrected chi connectivity index (χ1v) is 7.25. The van der Waals surface area contributed by atoms with E-state index in [2.05, 4.69) is 9.98 Å². The molecule has 0 radical (unpaired) electrons. The molecule has 2 rings (SSSR count). The second-order valence-electron chi connectivity index (χ2n) is 4.99. The van der Waals surface area contributed by atoms with Crippen LogP contribution in [-0.2, 0) is 17.3 Å². The molecule has 0 aliphatic rings. The third-order valence-corrected chi connectivity index (χ3v) is 3.24. The molecule has 1 aromatic carbocycles. The molecular weight excluding hydrogens is 361 g/mol. The highest BCUT2D eigenvalue weighted by molar-refractivity contribution is 5.71.